The van der Waals surface area contributed by atoms with E-state index in [-0.39, 0.29) is 0 Å². The van der Waals surface area contributed by atoms with E-state index in [1.54, 1.807) is 18.0 Å². The van der Waals surface area contributed by atoms with Gasteiger partial charge in [0.2, 0.25) is 0 Å². The Hall–Kier alpha value is -1.49. The van der Waals surface area contributed by atoms with Gasteiger partial charge in [-0.2, -0.15) is 0 Å². The molecule has 16 heavy (non-hydrogen) atoms. The lowest BCUT2D eigenvalue weighted by Crippen LogP contribution is -2.01. The zero-order valence-electron chi connectivity index (χ0n) is 9.10. The normalized spacial score (nSPS) is 10.3. The van der Waals surface area contributed by atoms with Crippen molar-refractivity contribution in [2.24, 2.45) is 0 Å². The fourth-order valence-corrected chi connectivity index (χ4v) is 1.89. The molecule has 0 aliphatic heterocycles. The van der Waals surface area contributed by atoms with Crippen molar-refractivity contribution in [3.05, 3.63) is 36.5 Å². The first-order valence-electron chi connectivity index (χ1n) is 5.19. The molecule has 5 heteroatoms. The second-order valence-electron chi connectivity index (χ2n) is 3.21. The van der Waals surface area contributed by atoms with Crippen LogP contribution in [-0.4, -0.2) is 20.7 Å². The second kappa shape index (κ2) is 5.55. The highest BCUT2D eigenvalue weighted by Gasteiger charge is 1.97. The van der Waals surface area contributed by atoms with Gasteiger partial charge in [0.25, 0.3) is 0 Å². The van der Waals surface area contributed by atoms with Gasteiger partial charge in [0.15, 0.2) is 0 Å². The number of aromatic amines is 1. The zero-order valence-corrected chi connectivity index (χ0v) is 9.92. The molecule has 0 spiro atoms. The minimum atomic E-state index is 0.689. The third-order valence-corrected chi connectivity index (χ3v) is 2.87. The van der Waals surface area contributed by atoms with Crippen LogP contribution >= 0.6 is 11.8 Å². The predicted octanol–water partition coefficient (Wildman–Crippen LogP) is 2.53. The van der Waals surface area contributed by atoms with Crippen LogP contribution in [0.15, 0.2) is 35.7 Å². The fraction of sp³-hybridized carbons (Fsp3) is 0.273. The van der Waals surface area contributed by atoms with E-state index in [1.165, 1.54) is 0 Å². The maximum atomic E-state index is 4.34. The Morgan fingerprint density at radius 1 is 1.38 bits per heavy atom. The van der Waals surface area contributed by atoms with Crippen molar-refractivity contribution in [2.45, 2.75) is 18.5 Å². The Morgan fingerprint density at radius 2 is 2.31 bits per heavy atom. The minimum absolute atomic E-state index is 0.689. The molecule has 0 saturated heterocycles. The summed E-state index contributed by atoms with van der Waals surface area (Å²) >= 11 is 1.74. The van der Waals surface area contributed by atoms with Gasteiger partial charge in [-0.05, 0) is 17.9 Å². The lowest BCUT2D eigenvalue weighted by molar-refractivity contribution is 0.993. The van der Waals surface area contributed by atoms with Gasteiger partial charge in [-0.1, -0.05) is 6.92 Å². The maximum Gasteiger partial charge on any atom is 0.125 e. The van der Waals surface area contributed by atoms with Crippen molar-refractivity contribution in [2.75, 3.05) is 11.1 Å². The monoisotopic (exact) mass is 234 g/mol. The topological polar surface area (TPSA) is 53.6 Å². The number of nitrogens with one attached hydrogen (secondary N) is 2. The largest absolute Gasteiger partial charge is 0.377 e. The molecule has 0 fully saturated rings. The van der Waals surface area contributed by atoms with Crippen LogP contribution in [0.3, 0.4) is 0 Å². The van der Waals surface area contributed by atoms with Crippen LogP contribution in [0.25, 0.3) is 0 Å². The first kappa shape index (κ1) is 11.0. The Morgan fingerprint density at radius 3 is 2.94 bits per heavy atom. The van der Waals surface area contributed by atoms with E-state index in [1.807, 2.05) is 24.5 Å². The fourth-order valence-electron chi connectivity index (χ4n) is 1.30. The number of anilines is 1. The Kier molecular flexibility index (Phi) is 3.82. The quantitative estimate of drug-likeness (QED) is 0.781. The highest BCUT2D eigenvalue weighted by atomic mass is 32.2. The van der Waals surface area contributed by atoms with Crippen LogP contribution in [0.2, 0.25) is 0 Å². The molecule has 0 bridgehead atoms. The summed E-state index contributed by atoms with van der Waals surface area (Å²) in [4.78, 5) is 11.5. The summed E-state index contributed by atoms with van der Waals surface area (Å²) in [5.74, 6) is 1.97. The molecular formula is C11H14N4S. The van der Waals surface area contributed by atoms with E-state index in [0.717, 1.165) is 22.3 Å². The molecule has 4 nitrogen and oxygen atoms in total. The molecule has 0 radical (unpaired) electrons. The van der Waals surface area contributed by atoms with Crippen LogP contribution in [-0.2, 0) is 6.54 Å². The summed E-state index contributed by atoms with van der Waals surface area (Å²) in [7, 11) is 0. The van der Waals surface area contributed by atoms with Gasteiger partial charge < -0.3 is 10.3 Å². The van der Waals surface area contributed by atoms with E-state index in [4.69, 9.17) is 0 Å². The highest BCUT2D eigenvalue weighted by molar-refractivity contribution is 7.99. The lowest BCUT2D eigenvalue weighted by atomic mass is 10.4. The SMILES string of the molecule is CCSc1ccc(NCc2ncc[nH]2)cn1. The molecule has 0 unspecified atom stereocenters. The molecule has 0 amide bonds. The van der Waals surface area contributed by atoms with Crippen LogP contribution < -0.4 is 5.32 Å². The molecule has 0 saturated carbocycles. The summed E-state index contributed by atoms with van der Waals surface area (Å²) in [6, 6.07) is 4.06. The third-order valence-electron chi connectivity index (χ3n) is 2.04. The van der Waals surface area contributed by atoms with Crippen molar-refractivity contribution in [1.29, 1.82) is 0 Å². The molecule has 0 aromatic carbocycles. The average molecular weight is 234 g/mol. The molecule has 2 rings (SSSR count). The van der Waals surface area contributed by atoms with E-state index in [0.29, 0.717) is 6.54 Å². The average Bonchev–Trinajstić information content (AvgIpc) is 2.82. The third kappa shape index (κ3) is 3.00. The Bertz CT molecular complexity index is 410. The summed E-state index contributed by atoms with van der Waals surface area (Å²) in [6.07, 6.45) is 5.41. The van der Waals surface area contributed by atoms with Crippen LogP contribution in [0.1, 0.15) is 12.7 Å². The van der Waals surface area contributed by atoms with Gasteiger partial charge in [0.1, 0.15) is 5.82 Å². The molecule has 0 aliphatic carbocycles. The molecule has 84 valence electrons. The van der Waals surface area contributed by atoms with Crippen molar-refractivity contribution in [3.63, 3.8) is 0 Å². The molecule has 2 N–H and O–H groups in total. The van der Waals surface area contributed by atoms with Crippen molar-refractivity contribution in [1.82, 2.24) is 15.0 Å². The summed E-state index contributed by atoms with van der Waals surface area (Å²) in [6.45, 7) is 2.81. The van der Waals surface area contributed by atoms with Crippen LogP contribution in [0.4, 0.5) is 5.69 Å². The van der Waals surface area contributed by atoms with Crippen molar-refractivity contribution >= 4 is 17.4 Å². The van der Waals surface area contributed by atoms with Gasteiger partial charge in [-0.3, -0.25) is 0 Å². The van der Waals surface area contributed by atoms with Gasteiger partial charge in [0.05, 0.1) is 23.5 Å². The van der Waals surface area contributed by atoms with Gasteiger partial charge in [-0.15, -0.1) is 11.8 Å². The second-order valence-corrected chi connectivity index (χ2v) is 4.49. The number of H-pyrrole nitrogens is 1. The maximum absolute atomic E-state index is 4.34. The van der Waals surface area contributed by atoms with Crippen molar-refractivity contribution < 1.29 is 0 Å². The smallest absolute Gasteiger partial charge is 0.125 e. The van der Waals surface area contributed by atoms with Gasteiger partial charge in [-0.25, -0.2) is 9.97 Å². The predicted molar refractivity (Wildman–Crippen MR) is 66.5 cm³/mol. The zero-order chi connectivity index (χ0) is 11.2. The Balaban J connectivity index is 1.90. The number of hydrogen-bond donors (Lipinski definition) is 2. The number of aromatic nitrogens is 3. The summed E-state index contributed by atoms with van der Waals surface area (Å²) in [5.41, 5.74) is 1.01. The van der Waals surface area contributed by atoms with E-state index < -0.39 is 0 Å². The highest BCUT2D eigenvalue weighted by Crippen LogP contribution is 2.16. The first-order chi connectivity index (χ1) is 7.88. The van der Waals surface area contributed by atoms with Gasteiger partial charge >= 0.3 is 0 Å². The lowest BCUT2D eigenvalue weighted by Gasteiger charge is -2.04. The molecule has 2 aromatic rings. The molecule has 0 aliphatic rings. The van der Waals surface area contributed by atoms with E-state index in [9.17, 15) is 0 Å². The molecule has 0 atom stereocenters. The number of rotatable bonds is 5. The Labute approximate surface area is 98.9 Å². The standard InChI is InChI=1S/C11H14N4S/c1-2-16-11-4-3-9(7-15-11)14-8-10-12-5-6-13-10/h3-7,14H,2,8H2,1H3,(H,12,13). The molecule has 2 aromatic heterocycles. The summed E-state index contributed by atoms with van der Waals surface area (Å²) in [5, 5.41) is 4.31. The number of imidazole rings is 1. The van der Waals surface area contributed by atoms with Crippen LogP contribution in [0, 0.1) is 0 Å². The number of nitrogens with zero attached hydrogens (tertiary/aromatic N) is 2. The van der Waals surface area contributed by atoms with Gasteiger partial charge in [0, 0.05) is 12.4 Å². The van der Waals surface area contributed by atoms with E-state index >= 15 is 0 Å². The van der Waals surface area contributed by atoms with E-state index in [2.05, 4.69) is 27.2 Å². The number of thioether (sulfide) groups is 1. The number of hydrogen-bond acceptors (Lipinski definition) is 4. The minimum Gasteiger partial charge on any atom is -0.377 e. The van der Waals surface area contributed by atoms with Crippen LogP contribution in [0.5, 0.6) is 0 Å². The number of pyridine rings is 1. The van der Waals surface area contributed by atoms with Crippen molar-refractivity contribution in [3.8, 4) is 0 Å². The summed E-state index contributed by atoms with van der Waals surface area (Å²) < 4.78 is 0. The first-order valence-corrected chi connectivity index (χ1v) is 6.18. The molecular weight excluding hydrogens is 220 g/mol. The molecule has 2 heterocycles.